The molecule has 0 saturated heterocycles. The average molecular weight is 427 g/mol. The molecule has 2 aromatic rings. The van der Waals surface area contributed by atoms with Gasteiger partial charge in [0.2, 0.25) is 0 Å². The largest absolute Gasteiger partial charge is 0.497 e. The molecule has 0 amide bonds. The van der Waals surface area contributed by atoms with Crippen molar-refractivity contribution in [3.05, 3.63) is 59.9 Å². The third kappa shape index (κ3) is 4.34. The number of nitrogens with two attached hydrogens (primary N) is 1. The molecule has 1 aliphatic carbocycles. The fourth-order valence-electron chi connectivity index (χ4n) is 2.47. The van der Waals surface area contributed by atoms with Crippen molar-refractivity contribution in [2.45, 2.75) is 18.4 Å². The SMILES string of the molecule is COc1ccc(NC(N)=NC2CC2c2ccccc2F)cc1.I. The Hall–Kier alpha value is -1.83. The summed E-state index contributed by atoms with van der Waals surface area (Å²) >= 11 is 0. The van der Waals surface area contributed by atoms with E-state index in [0.29, 0.717) is 11.5 Å². The fourth-order valence-corrected chi connectivity index (χ4v) is 2.47. The molecule has 1 aliphatic rings. The van der Waals surface area contributed by atoms with Crippen LogP contribution >= 0.6 is 24.0 Å². The molecule has 0 radical (unpaired) electrons. The number of rotatable bonds is 4. The second-order valence-corrected chi connectivity index (χ2v) is 5.30. The summed E-state index contributed by atoms with van der Waals surface area (Å²) in [4.78, 5) is 4.41. The number of guanidine groups is 1. The summed E-state index contributed by atoms with van der Waals surface area (Å²) < 4.78 is 18.8. The number of hydrogen-bond donors (Lipinski definition) is 2. The molecule has 2 unspecified atom stereocenters. The van der Waals surface area contributed by atoms with Gasteiger partial charge < -0.3 is 15.8 Å². The monoisotopic (exact) mass is 427 g/mol. The number of ether oxygens (including phenoxy) is 1. The normalized spacial score (nSPS) is 19.7. The third-order valence-corrected chi connectivity index (χ3v) is 3.73. The van der Waals surface area contributed by atoms with Crippen LogP contribution in [0.15, 0.2) is 53.5 Å². The van der Waals surface area contributed by atoms with Crippen LogP contribution in [-0.2, 0) is 0 Å². The summed E-state index contributed by atoms with van der Waals surface area (Å²) in [6.45, 7) is 0. The molecular formula is C17H19FIN3O. The second kappa shape index (κ2) is 7.63. The van der Waals surface area contributed by atoms with E-state index in [9.17, 15) is 4.39 Å². The molecule has 2 atom stereocenters. The molecule has 3 rings (SSSR count). The van der Waals surface area contributed by atoms with Crippen molar-refractivity contribution in [2.24, 2.45) is 10.7 Å². The third-order valence-electron chi connectivity index (χ3n) is 3.73. The first-order valence-corrected chi connectivity index (χ1v) is 7.16. The molecule has 23 heavy (non-hydrogen) atoms. The zero-order valence-electron chi connectivity index (χ0n) is 12.7. The van der Waals surface area contributed by atoms with E-state index < -0.39 is 0 Å². The Labute approximate surface area is 152 Å². The standard InChI is InChI=1S/C17H18FN3O.HI/c1-22-12-8-6-11(7-9-12)20-17(19)21-16-10-14(16)13-4-2-3-5-15(13)18;/h2-9,14,16H,10H2,1H3,(H3,19,20,21);1H. The van der Waals surface area contributed by atoms with E-state index in [4.69, 9.17) is 10.5 Å². The van der Waals surface area contributed by atoms with Gasteiger partial charge in [0.05, 0.1) is 13.2 Å². The van der Waals surface area contributed by atoms with Crippen molar-refractivity contribution in [3.8, 4) is 5.75 Å². The van der Waals surface area contributed by atoms with Crippen LogP contribution in [0.1, 0.15) is 17.9 Å². The summed E-state index contributed by atoms with van der Waals surface area (Å²) in [5.41, 5.74) is 7.46. The number of nitrogens with one attached hydrogen (secondary N) is 1. The maximum atomic E-state index is 13.7. The van der Waals surface area contributed by atoms with Gasteiger partial charge in [0.15, 0.2) is 5.96 Å². The van der Waals surface area contributed by atoms with Crippen molar-refractivity contribution in [1.82, 2.24) is 0 Å². The predicted molar refractivity (Wildman–Crippen MR) is 101 cm³/mol. The van der Waals surface area contributed by atoms with Gasteiger partial charge in [-0.25, -0.2) is 9.38 Å². The molecule has 6 heteroatoms. The molecule has 0 heterocycles. The van der Waals surface area contributed by atoms with Crippen LogP contribution in [0.2, 0.25) is 0 Å². The highest BCUT2D eigenvalue weighted by Crippen LogP contribution is 2.44. The van der Waals surface area contributed by atoms with Gasteiger partial charge in [-0.15, -0.1) is 24.0 Å². The second-order valence-electron chi connectivity index (χ2n) is 5.30. The number of nitrogens with zero attached hydrogens (tertiary/aromatic N) is 1. The number of halogens is 2. The number of hydrogen-bond acceptors (Lipinski definition) is 2. The Balaban J connectivity index is 0.00000192. The summed E-state index contributed by atoms with van der Waals surface area (Å²) in [7, 11) is 1.62. The molecule has 4 nitrogen and oxygen atoms in total. The van der Waals surface area contributed by atoms with E-state index in [0.717, 1.165) is 17.9 Å². The van der Waals surface area contributed by atoms with Gasteiger partial charge in [-0.2, -0.15) is 0 Å². The minimum atomic E-state index is -0.174. The van der Waals surface area contributed by atoms with Crippen LogP contribution in [-0.4, -0.2) is 19.1 Å². The summed E-state index contributed by atoms with van der Waals surface area (Å²) in [5.74, 6) is 1.07. The van der Waals surface area contributed by atoms with Gasteiger partial charge in [0.1, 0.15) is 11.6 Å². The first-order chi connectivity index (χ1) is 10.7. The Bertz CT molecular complexity index is 690. The Morgan fingerprint density at radius 3 is 2.57 bits per heavy atom. The molecule has 1 saturated carbocycles. The first-order valence-electron chi connectivity index (χ1n) is 7.16. The summed E-state index contributed by atoms with van der Waals surface area (Å²) in [6, 6.07) is 14.3. The van der Waals surface area contributed by atoms with Gasteiger partial charge in [0, 0.05) is 11.6 Å². The summed E-state index contributed by atoms with van der Waals surface area (Å²) in [6.07, 6.45) is 0.825. The lowest BCUT2D eigenvalue weighted by atomic mass is 10.1. The molecule has 0 spiro atoms. The topological polar surface area (TPSA) is 59.6 Å². The highest BCUT2D eigenvalue weighted by molar-refractivity contribution is 14.0. The molecule has 3 N–H and O–H groups in total. The van der Waals surface area contributed by atoms with Gasteiger partial charge in [-0.3, -0.25) is 0 Å². The van der Waals surface area contributed by atoms with Crippen LogP contribution in [0.3, 0.4) is 0 Å². The van der Waals surface area contributed by atoms with E-state index >= 15 is 0 Å². The average Bonchev–Trinajstić information content (AvgIpc) is 3.27. The van der Waals surface area contributed by atoms with Crippen molar-refractivity contribution >= 4 is 35.6 Å². The highest BCUT2D eigenvalue weighted by Gasteiger charge is 2.40. The Morgan fingerprint density at radius 1 is 1.22 bits per heavy atom. The van der Waals surface area contributed by atoms with Crippen molar-refractivity contribution < 1.29 is 9.13 Å². The van der Waals surface area contributed by atoms with Gasteiger partial charge in [0.25, 0.3) is 0 Å². The van der Waals surface area contributed by atoms with Crippen molar-refractivity contribution in [2.75, 3.05) is 12.4 Å². The molecular weight excluding hydrogens is 408 g/mol. The number of methoxy groups -OCH3 is 1. The van der Waals surface area contributed by atoms with E-state index in [1.165, 1.54) is 6.07 Å². The van der Waals surface area contributed by atoms with Crippen LogP contribution in [0, 0.1) is 5.82 Å². The Kier molecular flexibility index (Phi) is 5.81. The smallest absolute Gasteiger partial charge is 0.193 e. The zero-order chi connectivity index (χ0) is 15.5. The summed E-state index contributed by atoms with van der Waals surface area (Å²) in [5, 5.41) is 3.03. The minimum Gasteiger partial charge on any atom is -0.497 e. The highest BCUT2D eigenvalue weighted by atomic mass is 127. The van der Waals surface area contributed by atoms with Gasteiger partial charge in [-0.1, -0.05) is 18.2 Å². The lowest BCUT2D eigenvalue weighted by Crippen LogP contribution is -2.23. The van der Waals surface area contributed by atoms with Gasteiger partial charge >= 0.3 is 0 Å². The number of aliphatic imine (C=N–C) groups is 1. The van der Waals surface area contributed by atoms with E-state index in [1.807, 2.05) is 36.4 Å². The van der Waals surface area contributed by atoms with Gasteiger partial charge in [-0.05, 0) is 42.3 Å². The van der Waals surface area contributed by atoms with Crippen molar-refractivity contribution in [3.63, 3.8) is 0 Å². The molecule has 0 bridgehead atoms. The lowest BCUT2D eigenvalue weighted by molar-refractivity contribution is 0.415. The maximum absolute atomic E-state index is 13.7. The van der Waals surface area contributed by atoms with Crippen LogP contribution in [0.25, 0.3) is 0 Å². The van der Waals surface area contributed by atoms with Crippen LogP contribution < -0.4 is 15.8 Å². The molecule has 1 fully saturated rings. The number of anilines is 1. The van der Waals surface area contributed by atoms with E-state index in [-0.39, 0.29) is 41.8 Å². The van der Waals surface area contributed by atoms with E-state index in [2.05, 4.69) is 10.3 Å². The maximum Gasteiger partial charge on any atom is 0.193 e. The lowest BCUT2D eigenvalue weighted by Gasteiger charge is -2.06. The van der Waals surface area contributed by atoms with Crippen molar-refractivity contribution in [1.29, 1.82) is 0 Å². The molecule has 122 valence electrons. The Morgan fingerprint density at radius 2 is 1.91 bits per heavy atom. The fraction of sp³-hybridized carbons (Fsp3) is 0.235. The first kappa shape index (κ1) is 17.5. The quantitative estimate of drug-likeness (QED) is 0.444. The van der Waals surface area contributed by atoms with Crippen LogP contribution in [0.4, 0.5) is 10.1 Å². The number of benzene rings is 2. The zero-order valence-corrected chi connectivity index (χ0v) is 15.0. The molecule has 0 aromatic heterocycles. The predicted octanol–water partition coefficient (Wildman–Crippen LogP) is 3.74. The van der Waals surface area contributed by atoms with E-state index in [1.54, 1.807) is 13.2 Å². The molecule has 0 aliphatic heterocycles. The molecule has 2 aromatic carbocycles. The minimum absolute atomic E-state index is 0. The van der Waals surface area contributed by atoms with Crippen LogP contribution in [0.5, 0.6) is 5.75 Å².